The normalized spacial score (nSPS) is 15.2. The lowest BCUT2D eigenvalue weighted by atomic mass is 10.00. The Labute approximate surface area is 271 Å². The summed E-state index contributed by atoms with van der Waals surface area (Å²) in [4.78, 5) is 12.7. The summed E-state index contributed by atoms with van der Waals surface area (Å²) in [5, 5.41) is 0. The van der Waals surface area contributed by atoms with Gasteiger partial charge in [-0.25, -0.2) is 4.57 Å². The Bertz CT molecular complexity index is 1350. The van der Waals surface area contributed by atoms with Gasteiger partial charge in [0.1, 0.15) is 17.2 Å². The SMILES string of the molecule is CCCCCCCCCCCCCCCCOc1cccc(OP(=O)(O)Oc2cccc(CN3C=CC=C4CC=CC=C43)c2)c1. The topological polar surface area (TPSA) is 68.2 Å². The van der Waals surface area contributed by atoms with E-state index in [4.69, 9.17) is 13.8 Å². The molecule has 1 atom stereocenters. The molecule has 0 bridgehead atoms. The van der Waals surface area contributed by atoms with Crippen LogP contribution < -0.4 is 13.8 Å². The van der Waals surface area contributed by atoms with E-state index >= 15 is 0 Å². The maximum absolute atomic E-state index is 12.9. The van der Waals surface area contributed by atoms with Crippen molar-refractivity contribution in [1.82, 2.24) is 4.90 Å². The van der Waals surface area contributed by atoms with E-state index in [1.165, 1.54) is 82.6 Å². The van der Waals surface area contributed by atoms with Crippen LogP contribution in [-0.4, -0.2) is 16.4 Å². The Kier molecular flexibility index (Phi) is 14.9. The molecular weight excluding hydrogens is 581 g/mol. The van der Waals surface area contributed by atoms with Crippen LogP contribution in [0.2, 0.25) is 0 Å². The van der Waals surface area contributed by atoms with Crippen LogP contribution in [0.15, 0.2) is 96.4 Å². The first-order chi connectivity index (χ1) is 22.0. The van der Waals surface area contributed by atoms with Crippen molar-refractivity contribution in [2.75, 3.05) is 6.61 Å². The lowest BCUT2D eigenvalue weighted by Crippen LogP contribution is -2.20. The minimum Gasteiger partial charge on any atom is -0.493 e. The summed E-state index contributed by atoms with van der Waals surface area (Å²) in [6.45, 7) is 3.49. The number of unbranched alkanes of at least 4 members (excludes halogenated alkanes) is 13. The van der Waals surface area contributed by atoms with Gasteiger partial charge in [-0.2, -0.15) is 0 Å². The molecule has 1 unspecified atom stereocenters. The van der Waals surface area contributed by atoms with Crippen molar-refractivity contribution < 1.29 is 23.2 Å². The Hall–Kier alpha value is -3.21. The Morgan fingerprint density at radius 3 is 2.02 bits per heavy atom. The second-order valence-corrected chi connectivity index (χ2v) is 13.4. The molecule has 0 saturated heterocycles. The van der Waals surface area contributed by atoms with Gasteiger partial charge in [0.25, 0.3) is 0 Å². The predicted molar refractivity (Wildman–Crippen MR) is 184 cm³/mol. The lowest BCUT2D eigenvalue weighted by molar-refractivity contribution is 0.287. The van der Waals surface area contributed by atoms with Gasteiger partial charge in [0.2, 0.25) is 0 Å². The number of rotatable bonds is 22. The quantitative estimate of drug-likeness (QED) is 0.103. The molecule has 0 spiro atoms. The summed E-state index contributed by atoms with van der Waals surface area (Å²) in [5.74, 6) is 1.11. The maximum Gasteiger partial charge on any atom is 0.584 e. The van der Waals surface area contributed by atoms with Crippen molar-refractivity contribution in [1.29, 1.82) is 0 Å². The summed E-state index contributed by atoms with van der Waals surface area (Å²) < 4.78 is 29.6. The summed E-state index contributed by atoms with van der Waals surface area (Å²) >= 11 is 0. The number of ether oxygens (including phenoxy) is 1. The molecule has 4 rings (SSSR count). The van der Waals surface area contributed by atoms with E-state index in [0.717, 1.165) is 30.5 Å². The number of hydrogen-bond acceptors (Lipinski definition) is 5. The summed E-state index contributed by atoms with van der Waals surface area (Å²) in [5.41, 5.74) is 3.38. The van der Waals surface area contributed by atoms with Crippen molar-refractivity contribution in [3.8, 4) is 17.2 Å². The molecule has 0 amide bonds. The summed E-state index contributed by atoms with van der Waals surface area (Å²) in [6, 6.07) is 14.1. The number of phosphoric ester groups is 1. The minimum absolute atomic E-state index is 0.227. The highest BCUT2D eigenvalue weighted by atomic mass is 31.2. The summed E-state index contributed by atoms with van der Waals surface area (Å²) in [6.07, 6.45) is 31.9. The largest absolute Gasteiger partial charge is 0.584 e. The van der Waals surface area contributed by atoms with Gasteiger partial charge in [-0.15, -0.1) is 0 Å². The fourth-order valence-corrected chi connectivity index (χ4v) is 6.57. The number of allylic oxidation sites excluding steroid dienone is 6. The third kappa shape index (κ3) is 13.0. The molecule has 6 nitrogen and oxygen atoms in total. The van der Waals surface area contributed by atoms with Crippen LogP contribution in [0.5, 0.6) is 17.2 Å². The molecule has 45 heavy (non-hydrogen) atoms. The fraction of sp³-hybridized carbons (Fsp3) is 0.474. The van der Waals surface area contributed by atoms with Crippen LogP contribution in [0.4, 0.5) is 0 Å². The van der Waals surface area contributed by atoms with Crippen LogP contribution in [-0.2, 0) is 11.1 Å². The van der Waals surface area contributed by atoms with Gasteiger partial charge >= 0.3 is 7.82 Å². The zero-order valence-electron chi connectivity index (χ0n) is 27.1. The average molecular weight is 634 g/mol. The third-order valence-electron chi connectivity index (χ3n) is 8.19. The molecule has 7 heteroatoms. The average Bonchev–Trinajstić information content (AvgIpc) is 3.03. The van der Waals surface area contributed by atoms with Gasteiger partial charge < -0.3 is 18.7 Å². The van der Waals surface area contributed by atoms with Crippen molar-refractivity contribution >= 4 is 7.82 Å². The van der Waals surface area contributed by atoms with Crippen LogP contribution >= 0.6 is 7.82 Å². The van der Waals surface area contributed by atoms with Crippen molar-refractivity contribution in [2.24, 2.45) is 0 Å². The van der Waals surface area contributed by atoms with Crippen LogP contribution in [0.25, 0.3) is 0 Å². The van der Waals surface area contributed by atoms with Gasteiger partial charge in [0.15, 0.2) is 0 Å². The lowest BCUT2D eigenvalue weighted by Gasteiger charge is -2.29. The van der Waals surface area contributed by atoms with Crippen molar-refractivity contribution in [2.45, 2.75) is 110 Å². The third-order valence-corrected chi connectivity index (χ3v) is 9.08. The highest BCUT2D eigenvalue weighted by Crippen LogP contribution is 2.45. The Morgan fingerprint density at radius 1 is 0.733 bits per heavy atom. The molecular formula is C38H52NO5P. The second-order valence-electron chi connectivity index (χ2n) is 12.1. The van der Waals surface area contributed by atoms with Gasteiger partial charge in [-0.3, -0.25) is 4.89 Å². The fourth-order valence-electron chi connectivity index (χ4n) is 5.77. The molecule has 1 aliphatic carbocycles. The van der Waals surface area contributed by atoms with E-state index in [1.54, 1.807) is 30.3 Å². The van der Waals surface area contributed by atoms with E-state index in [1.807, 2.05) is 30.5 Å². The molecule has 244 valence electrons. The second kappa shape index (κ2) is 19.3. The molecule has 2 aromatic rings. The molecule has 0 aromatic heterocycles. The summed E-state index contributed by atoms with van der Waals surface area (Å²) in [7, 11) is -4.42. The van der Waals surface area contributed by atoms with Crippen LogP contribution in [0.1, 0.15) is 109 Å². The predicted octanol–water partition coefficient (Wildman–Crippen LogP) is 11.2. The van der Waals surface area contributed by atoms with Gasteiger partial charge in [0.05, 0.1) is 6.61 Å². The maximum atomic E-state index is 12.9. The zero-order chi connectivity index (χ0) is 31.6. The standard InChI is InChI=1S/C38H52NO5P/c1-2-3-4-5-6-7-8-9-10-11-12-13-14-17-29-42-35-24-19-26-37(31-35)44-45(40,41)43-36-25-18-21-33(30-36)32-39-28-20-23-34-22-15-16-27-38(34)39/h15-16,18-21,23-28,30-31H,2-14,17,22,29,32H2,1H3,(H,40,41). The number of phosphoric acid groups is 1. The Morgan fingerprint density at radius 2 is 1.33 bits per heavy atom. The molecule has 0 radical (unpaired) electrons. The smallest absolute Gasteiger partial charge is 0.493 e. The van der Waals surface area contributed by atoms with Crippen molar-refractivity contribution in [3.63, 3.8) is 0 Å². The first-order valence-corrected chi connectivity index (χ1v) is 18.6. The highest BCUT2D eigenvalue weighted by molar-refractivity contribution is 7.48. The van der Waals surface area contributed by atoms with Crippen LogP contribution in [0, 0.1) is 0 Å². The highest BCUT2D eigenvalue weighted by Gasteiger charge is 2.26. The van der Waals surface area contributed by atoms with Gasteiger partial charge in [0, 0.05) is 24.5 Å². The van der Waals surface area contributed by atoms with Gasteiger partial charge in [-0.1, -0.05) is 127 Å². The van der Waals surface area contributed by atoms with E-state index in [9.17, 15) is 9.46 Å². The minimum atomic E-state index is -4.42. The van der Waals surface area contributed by atoms with Crippen molar-refractivity contribution in [3.05, 3.63) is 102 Å². The molecule has 1 aliphatic heterocycles. The number of hydrogen-bond donors (Lipinski definition) is 1. The molecule has 1 N–H and O–H groups in total. The molecule has 0 fully saturated rings. The van der Waals surface area contributed by atoms with E-state index in [0.29, 0.717) is 18.9 Å². The zero-order valence-corrected chi connectivity index (χ0v) is 28.0. The number of benzene rings is 2. The van der Waals surface area contributed by atoms with Gasteiger partial charge in [-0.05, 0) is 60.4 Å². The first kappa shape index (κ1) is 34.7. The van der Waals surface area contributed by atoms with E-state index in [-0.39, 0.29) is 11.5 Å². The molecule has 2 aliphatic rings. The first-order valence-electron chi connectivity index (χ1n) is 17.1. The molecule has 1 heterocycles. The van der Waals surface area contributed by atoms with Crippen LogP contribution in [0.3, 0.4) is 0 Å². The van der Waals surface area contributed by atoms with E-state index in [2.05, 4.69) is 36.1 Å². The number of fused-ring (bicyclic) bond motifs is 1. The molecule has 0 saturated carbocycles. The number of nitrogens with zero attached hydrogens (tertiary/aromatic N) is 1. The molecule has 2 aromatic carbocycles. The van der Waals surface area contributed by atoms with E-state index < -0.39 is 7.82 Å². The monoisotopic (exact) mass is 633 g/mol. The Balaban J connectivity index is 1.12.